The number of phenolic OH excluding ortho intramolecular Hbond substituents is 1. The van der Waals surface area contributed by atoms with Crippen molar-refractivity contribution in [3.8, 4) is 5.75 Å². The summed E-state index contributed by atoms with van der Waals surface area (Å²) in [5, 5.41) is 13.8. The van der Waals surface area contributed by atoms with Crippen LogP contribution in [0.1, 0.15) is 22.0 Å². The molecule has 7 heteroatoms. The van der Waals surface area contributed by atoms with E-state index in [4.69, 9.17) is 16.0 Å². The van der Waals surface area contributed by atoms with Crippen LogP contribution >= 0.6 is 11.6 Å². The van der Waals surface area contributed by atoms with E-state index in [2.05, 4.69) is 4.98 Å². The Morgan fingerprint density at radius 3 is 2.69 bits per heavy atom. The fourth-order valence-corrected chi connectivity index (χ4v) is 5.02. The minimum Gasteiger partial charge on any atom is -0.507 e. The van der Waals surface area contributed by atoms with Crippen LogP contribution in [0.4, 0.5) is 5.69 Å². The van der Waals surface area contributed by atoms with Crippen molar-refractivity contribution in [2.45, 2.75) is 5.92 Å². The fraction of sp³-hybridized carbons (Fsp3) is 0.120. The Hall–Kier alpha value is -3.77. The van der Waals surface area contributed by atoms with Gasteiger partial charge in [0.2, 0.25) is 0 Å². The number of anilines is 1. The summed E-state index contributed by atoms with van der Waals surface area (Å²) in [5.41, 5.74) is 2.87. The number of hydrogen-bond donors (Lipinski definition) is 2. The van der Waals surface area contributed by atoms with E-state index in [0.29, 0.717) is 29.4 Å². The lowest BCUT2D eigenvalue weighted by atomic mass is 9.95. The van der Waals surface area contributed by atoms with E-state index < -0.39 is 5.63 Å². The maximum Gasteiger partial charge on any atom is 0.336 e. The molecule has 6 rings (SSSR count). The molecule has 0 aliphatic carbocycles. The molecule has 2 N–H and O–H groups in total. The topological polar surface area (TPSA) is 86.5 Å². The van der Waals surface area contributed by atoms with Crippen LogP contribution in [-0.4, -0.2) is 28.4 Å². The van der Waals surface area contributed by atoms with Gasteiger partial charge in [-0.3, -0.25) is 4.79 Å². The summed E-state index contributed by atoms with van der Waals surface area (Å²) in [4.78, 5) is 30.0. The third kappa shape index (κ3) is 2.66. The minimum absolute atomic E-state index is 0.0411. The summed E-state index contributed by atoms with van der Waals surface area (Å²) in [5.74, 6) is 0.239. The Bertz CT molecular complexity index is 1620. The molecule has 1 atom stereocenters. The number of halogens is 1. The predicted molar refractivity (Wildman–Crippen MR) is 125 cm³/mol. The first-order valence-electron chi connectivity index (χ1n) is 10.2. The fourth-order valence-electron chi connectivity index (χ4n) is 4.77. The number of nitrogens with one attached hydrogen (secondary N) is 1. The van der Waals surface area contributed by atoms with Crippen molar-refractivity contribution >= 4 is 55.8 Å². The molecule has 0 unspecified atom stereocenters. The van der Waals surface area contributed by atoms with Crippen molar-refractivity contribution in [3.05, 3.63) is 82.3 Å². The first kappa shape index (κ1) is 19.0. The van der Waals surface area contributed by atoms with Gasteiger partial charge >= 0.3 is 5.63 Å². The van der Waals surface area contributed by atoms with Gasteiger partial charge in [0.15, 0.2) is 0 Å². The molecule has 1 aliphatic heterocycles. The van der Waals surface area contributed by atoms with Crippen molar-refractivity contribution in [2.24, 2.45) is 0 Å². The summed E-state index contributed by atoms with van der Waals surface area (Å²) in [6.07, 6.45) is 0. The molecule has 158 valence electrons. The SMILES string of the molecule is O=C(c1cc2c(ccc3oc(=O)ccc32)[nH]1)N1C[C@@H](CCl)c2c1cc(O)c1ccccc21. The van der Waals surface area contributed by atoms with E-state index in [1.807, 2.05) is 24.3 Å². The second kappa shape index (κ2) is 6.87. The first-order chi connectivity index (χ1) is 15.5. The minimum atomic E-state index is -0.420. The van der Waals surface area contributed by atoms with Crippen molar-refractivity contribution in [3.63, 3.8) is 0 Å². The van der Waals surface area contributed by atoms with Crippen LogP contribution in [0.25, 0.3) is 32.6 Å². The van der Waals surface area contributed by atoms with Gasteiger partial charge in [-0.2, -0.15) is 0 Å². The van der Waals surface area contributed by atoms with Gasteiger partial charge in [0.1, 0.15) is 17.0 Å². The molecule has 2 aromatic heterocycles. The van der Waals surface area contributed by atoms with Crippen LogP contribution < -0.4 is 10.5 Å². The van der Waals surface area contributed by atoms with E-state index in [-0.39, 0.29) is 17.6 Å². The number of alkyl halides is 1. The summed E-state index contributed by atoms with van der Waals surface area (Å²) in [7, 11) is 0. The quantitative estimate of drug-likeness (QED) is 0.292. The monoisotopic (exact) mass is 444 g/mol. The maximum atomic E-state index is 13.6. The summed E-state index contributed by atoms with van der Waals surface area (Å²) >= 11 is 6.29. The van der Waals surface area contributed by atoms with Gasteiger partial charge in [0.05, 0.1) is 5.69 Å². The molecule has 0 bridgehead atoms. The zero-order valence-corrected chi connectivity index (χ0v) is 17.5. The molecule has 3 aromatic carbocycles. The van der Waals surface area contributed by atoms with E-state index in [9.17, 15) is 14.7 Å². The van der Waals surface area contributed by atoms with Gasteiger partial charge in [-0.15, -0.1) is 11.6 Å². The highest BCUT2D eigenvalue weighted by Crippen LogP contribution is 2.45. The number of rotatable bonds is 2. The smallest absolute Gasteiger partial charge is 0.336 e. The Balaban J connectivity index is 1.50. The number of phenols is 1. The summed E-state index contributed by atoms with van der Waals surface area (Å²) in [6.45, 7) is 0.427. The van der Waals surface area contributed by atoms with Gasteiger partial charge in [-0.05, 0) is 35.2 Å². The Morgan fingerprint density at radius 2 is 1.88 bits per heavy atom. The number of carbonyl (C=O) groups excluding carboxylic acids is 1. The Labute approximate surface area is 186 Å². The van der Waals surface area contributed by atoms with Gasteiger partial charge in [-0.1, -0.05) is 24.3 Å². The number of H-pyrrole nitrogens is 1. The third-order valence-corrected chi connectivity index (χ3v) is 6.58. The number of aromatic nitrogens is 1. The lowest BCUT2D eigenvalue weighted by molar-refractivity contribution is 0.0984. The predicted octanol–water partition coefficient (Wildman–Crippen LogP) is 5.12. The van der Waals surface area contributed by atoms with Crippen LogP contribution in [0.5, 0.6) is 5.75 Å². The number of fused-ring (bicyclic) bond motifs is 6. The zero-order chi connectivity index (χ0) is 22.0. The highest BCUT2D eigenvalue weighted by atomic mass is 35.5. The van der Waals surface area contributed by atoms with Crippen LogP contribution in [0.15, 0.2) is 69.9 Å². The average Bonchev–Trinajstić information content (AvgIpc) is 3.40. The number of benzene rings is 3. The number of nitrogens with zero attached hydrogens (tertiary/aromatic N) is 1. The van der Waals surface area contributed by atoms with Crippen molar-refractivity contribution in [1.29, 1.82) is 0 Å². The van der Waals surface area contributed by atoms with E-state index in [1.165, 1.54) is 6.07 Å². The molecular weight excluding hydrogens is 428 g/mol. The summed E-state index contributed by atoms with van der Waals surface area (Å²) in [6, 6.07) is 17.6. The number of hydrogen-bond acceptors (Lipinski definition) is 4. The molecule has 0 fully saturated rings. The zero-order valence-electron chi connectivity index (χ0n) is 16.8. The van der Waals surface area contributed by atoms with E-state index in [0.717, 1.165) is 32.6 Å². The van der Waals surface area contributed by atoms with Crippen LogP contribution in [0.3, 0.4) is 0 Å². The molecule has 1 aliphatic rings. The van der Waals surface area contributed by atoms with Crippen molar-refractivity contribution < 1.29 is 14.3 Å². The molecule has 5 aromatic rings. The molecule has 0 saturated carbocycles. The third-order valence-electron chi connectivity index (χ3n) is 6.21. The molecular formula is C25H17ClN2O4. The lowest BCUT2D eigenvalue weighted by Gasteiger charge is -2.17. The van der Waals surface area contributed by atoms with Crippen LogP contribution in [-0.2, 0) is 0 Å². The van der Waals surface area contributed by atoms with Crippen molar-refractivity contribution in [2.75, 3.05) is 17.3 Å². The molecule has 0 saturated heterocycles. The second-order valence-electron chi connectivity index (χ2n) is 8.02. The highest BCUT2D eigenvalue weighted by molar-refractivity contribution is 6.19. The molecule has 1 amide bonds. The van der Waals surface area contributed by atoms with Gasteiger partial charge in [0.25, 0.3) is 5.91 Å². The molecule has 32 heavy (non-hydrogen) atoms. The van der Waals surface area contributed by atoms with Gasteiger partial charge in [0, 0.05) is 52.2 Å². The van der Waals surface area contributed by atoms with Gasteiger partial charge in [-0.25, -0.2) is 4.79 Å². The van der Waals surface area contributed by atoms with Crippen LogP contribution in [0, 0.1) is 0 Å². The lowest BCUT2D eigenvalue weighted by Crippen LogP contribution is -2.30. The van der Waals surface area contributed by atoms with E-state index in [1.54, 1.807) is 35.2 Å². The maximum absolute atomic E-state index is 13.6. The van der Waals surface area contributed by atoms with Crippen molar-refractivity contribution in [1.82, 2.24) is 4.98 Å². The summed E-state index contributed by atoms with van der Waals surface area (Å²) < 4.78 is 5.26. The largest absolute Gasteiger partial charge is 0.507 e. The van der Waals surface area contributed by atoms with Gasteiger partial charge < -0.3 is 19.4 Å². The number of aromatic hydroxyl groups is 1. The second-order valence-corrected chi connectivity index (χ2v) is 8.33. The average molecular weight is 445 g/mol. The molecule has 3 heterocycles. The molecule has 0 spiro atoms. The molecule has 0 radical (unpaired) electrons. The first-order valence-corrected chi connectivity index (χ1v) is 10.8. The standard InChI is InChI=1S/C25H17ClN2O4/c26-11-13-12-28(20-10-21(29)14-3-1-2-4-16(14)24(13)20)25(31)19-9-17-15-5-8-23(30)32-22(15)7-6-18(17)27-19/h1-10,13,27,29H,11-12H2/t13-/m1/s1. The Kier molecular flexibility index (Phi) is 4.07. The number of carbonyl (C=O) groups is 1. The highest BCUT2D eigenvalue weighted by Gasteiger charge is 2.35. The molecule has 6 nitrogen and oxygen atoms in total. The Morgan fingerprint density at radius 1 is 1.06 bits per heavy atom. The normalized spacial score (nSPS) is 15.7. The van der Waals surface area contributed by atoms with Crippen LogP contribution in [0.2, 0.25) is 0 Å². The number of aromatic amines is 1. The number of amides is 1. The van der Waals surface area contributed by atoms with E-state index >= 15 is 0 Å².